The normalized spacial score (nSPS) is 15.7. The zero-order valence-corrected chi connectivity index (χ0v) is 31.7. The van der Waals surface area contributed by atoms with Gasteiger partial charge >= 0.3 is 5.97 Å². The van der Waals surface area contributed by atoms with Crippen LogP contribution in [0.5, 0.6) is 17.4 Å². The molecule has 7 rings (SSSR count). The number of carboxylic acids is 1. The number of furan rings is 1. The molecule has 16 heteroatoms. The van der Waals surface area contributed by atoms with E-state index in [9.17, 15) is 14.3 Å². The average Bonchev–Trinajstić information content (AvgIpc) is 3.95. The van der Waals surface area contributed by atoms with Crippen LogP contribution in [0.15, 0.2) is 71.5 Å². The summed E-state index contributed by atoms with van der Waals surface area (Å²) in [6.07, 6.45) is -2.01. The second-order valence-corrected chi connectivity index (χ2v) is 14.2. The molecule has 0 amide bonds. The van der Waals surface area contributed by atoms with E-state index in [-0.39, 0.29) is 34.0 Å². The van der Waals surface area contributed by atoms with Crippen molar-refractivity contribution in [1.29, 1.82) is 0 Å². The predicted octanol–water partition coefficient (Wildman–Crippen LogP) is 7.68. The van der Waals surface area contributed by atoms with Crippen LogP contribution in [-0.4, -0.2) is 93.1 Å². The molecule has 0 unspecified atom stereocenters. The molecule has 55 heavy (non-hydrogen) atoms. The number of hydrogen-bond acceptors (Lipinski definition) is 11. The van der Waals surface area contributed by atoms with Crippen LogP contribution in [0.2, 0.25) is 5.02 Å². The quantitative estimate of drug-likeness (QED) is 0.110. The summed E-state index contributed by atoms with van der Waals surface area (Å²) in [5.41, 5.74) is 1.33. The minimum atomic E-state index is -2.46. The van der Waals surface area contributed by atoms with Gasteiger partial charge < -0.3 is 28.6 Å². The Balaban J connectivity index is 1.24. The van der Waals surface area contributed by atoms with E-state index in [0.717, 1.165) is 56.5 Å². The minimum Gasteiger partial charge on any atom is -0.491 e. The number of aliphatic carboxylic acids is 1. The number of alkyl halides is 1. The number of ether oxygens (including phenoxy) is 3. The van der Waals surface area contributed by atoms with Crippen LogP contribution in [0.3, 0.4) is 0 Å². The molecule has 5 heterocycles. The van der Waals surface area contributed by atoms with Gasteiger partial charge in [0.1, 0.15) is 41.6 Å². The van der Waals surface area contributed by atoms with E-state index in [4.69, 9.17) is 33.0 Å². The molecule has 1 fully saturated rings. The number of para-hydroxylation sites is 1. The van der Waals surface area contributed by atoms with E-state index in [1.807, 2.05) is 0 Å². The SMILES string of the molecule is [2H]C([2H])(Oc1ccccc1[C@H](F)[C@@H](Oc1ncnc2sc(-c3ccc(F)o3)c(-c3ccc(OCCN4CCN(C)CC4)c(Cl)c3C)c12)C(=O)O)c1ccnn1CC. The number of piperazine rings is 1. The molecule has 2 aromatic carbocycles. The molecule has 0 radical (unpaired) electrons. The number of nitrogens with zero attached hydrogens (tertiary/aromatic N) is 6. The van der Waals surface area contributed by atoms with Crippen LogP contribution >= 0.6 is 22.9 Å². The number of thiophene rings is 1. The first-order chi connectivity index (χ1) is 27.4. The van der Waals surface area contributed by atoms with E-state index < -0.39 is 30.8 Å². The fourth-order valence-corrected chi connectivity index (χ4v) is 7.69. The largest absolute Gasteiger partial charge is 0.491 e. The molecule has 1 aliphatic rings. The average molecular weight is 795 g/mol. The molecule has 12 nitrogen and oxygen atoms in total. The van der Waals surface area contributed by atoms with Crippen LogP contribution in [0.1, 0.15) is 32.7 Å². The van der Waals surface area contributed by atoms with Gasteiger partial charge in [-0.2, -0.15) is 9.49 Å². The van der Waals surface area contributed by atoms with Gasteiger partial charge in [-0.15, -0.1) is 11.3 Å². The number of carboxylic acid groups (broad SMARTS) is 1. The van der Waals surface area contributed by atoms with Crippen LogP contribution in [0.25, 0.3) is 32.0 Å². The Morgan fingerprint density at radius 3 is 2.64 bits per heavy atom. The molecular formula is C39H39ClF2N6O6S. The molecule has 2 atom stereocenters. The van der Waals surface area contributed by atoms with Crippen molar-refractivity contribution in [3.8, 4) is 39.1 Å². The summed E-state index contributed by atoms with van der Waals surface area (Å²) in [6, 6.07) is 12.3. The zero-order chi connectivity index (χ0) is 40.4. The van der Waals surface area contributed by atoms with Gasteiger partial charge in [-0.25, -0.2) is 19.2 Å². The van der Waals surface area contributed by atoms with Crippen molar-refractivity contribution in [2.24, 2.45) is 0 Å². The third-order valence-corrected chi connectivity index (χ3v) is 11.0. The van der Waals surface area contributed by atoms with Crippen LogP contribution in [0.4, 0.5) is 8.78 Å². The van der Waals surface area contributed by atoms with Crippen molar-refractivity contribution in [2.75, 3.05) is 46.4 Å². The number of rotatable bonds is 15. The topological polar surface area (TPSA) is 128 Å². The lowest BCUT2D eigenvalue weighted by molar-refractivity contribution is -0.148. The Hall–Kier alpha value is -5.09. The second kappa shape index (κ2) is 16.7. The highest BCUT2D eigenvalue weighted by atomic mass is 35.5. The number of hydrogen-bond donors (Lipinski definition) is 1. The number of carbonyl (C=O) groups is 1. The van der Waals surface area contributed by atoms with Crippen LogP contribution in [-0.2, 0) is 17.9 Å². The predicted molar refractivity (Wildman–Crippen MR) is 204 cm³/mol. The molecule has 6 aromatic rings. The smallest absolute Gasteiger partial charge is 0.348 e. The third-order valence-electron chi connectivity index (χ3n) is 9.38. The molecule has 0 saturated carbocycles. The molecule has 1 aliphatic heterocycles. The Bertz CT molecular complexity index is 2390. The number of halogens is 3. The molecule has 1 saturated heterocycles. The summed E-state index contributed by atoms with van der Waals surface area (Å²) in [7, 11) is 2.10. The number of likely N-dealkylation sites (N-methyl/N-ethyl adjacent to an activating group) is 1. The van der Waals surface area contributed by atoms with E-state index in [1.54, 1.807) is 26.0 Å². The number of aryl methyl sites for hydroxylation is 1. The summed E-state index contributed by atoms with van der Waals surface area (Å²) >= 11 is 8.05. The Morgan fingerprint density at radius 1 is 1.09 bits per heavy atom. The maximum atomic E-state index is 16.7. The molecule has 0 spiro atoms. The lowest BCUT2D eigenvalue weighted by atomic mass is 9.97. The first-order valence-electron chi connectivity index (χ1n) is 18.6. The van der Waals surface area contributed by atoms with Gasteiger partial charge in [0.2, 0.25) is 12.0 Å². The van der Waals surface area contributed by atoms with Crippen molar-refractivity contribution < 1.29 is 40.1 Å². The van der Waals surface area contributed by atoms with Gasteiger partial charge in [0.05, 0.1) is 23.7 Å². The van der Waals surface area contributed by atoms with Crippen molar-refractivity contribution >= 4 is 39.1 Å². The van der Waals surface area contributed by atoms with Crippen molar-refractivity contribution in [3.63, 3.8) is 0 Å². The van der Waals surface area contributed by atoms with E-state index in [0.29, 0.717) is 50.3 Å². The van der Waals surface area contributed by atoms with Gasteiger partial charge in [0.25, 0.3) is 6.01 Å². The zero-order valence-electron chi connectivity index (χ0n) is 32.2. The highest BCUT2D eigenvalue weighted by Crippen LogP contribution is 2.50. The highest BCUT2D eigenvalue weighted by Gasteiger charge is 2.36. The lowest BCUT2D eigenvalue weighted by Crippen LogP contribution is -2.45. The Kier molecular flexibility index (Phi) is 10.8. The maximum absolute atomic E-state index is 16.7. The van der Waals surface area contributed by atoms with Crippen molar-refractivity contribution in [2.45, 2.75) is 39.2 Å². The summed E-state index contributed by atoms with van der Waals surface area (Å²) in [5, 5.41) is 15.0. The van der Waals surface area contributed by atoms with E-state index in [1.165, 1.54) is 47.3 Å². The summed E-state index contributed by atoms with van der Waals surface area (Å²) in [6.45, 7) is 6.43. The highest BCUT2D eigenvalue weighted by molar-refractivity contribution is 7.22. The first-order valence-corrected chi connectivity index (χ1v) is 18.8. The monoisotopic (exact) mass is 794 g/mol. The summed E-state index contributed by atoms with van der Waals surface area (Å²) in [4.78, 5) is 26.8. The summed E-state index contributed by atoms with van der Waals surface area (Å²) < 4.78 is 72.9. The minimum absolute atomic E-state index is 0.0856. The molecule has 0 bridgehead atoms. The Labute approximate surface area is 327 Å². The van der Waals surface area contributed by atoms with Crippen molar-refractivity contribution in [3.05, 3.63) is 95.0 Å². The number of benzene rings is 2. The Morgan fingerprint density at radius 2 is 1.89 bits per heavy atom. The lowest BCUT2D eigenvalue weighted by Gasteiger charge is -2.32. The van der Waals surface area contributed by atoms with Gasteiger partial charge in [-0.1, -0.05) is 35.9 Å². The molecular weight excluding hydrogens is 754 g/mol. The summed E-state index contributed by atoms with van der Waals surface area (Å²) in [5.74, 6) is -1.57. The molecule has 4 aromatic heterocycles. The van der Waals surface area contributed by atoms with Crippen molar-refractivity contribution in [1.82, 2.24) is 29.5 Å². The van der Waals surface area contributed by atoms with Gasteiger partial charge in [-0.05, 0) is 56.3 Å². The number of aromatic nitrogens is 4. The van der Waals surface area contributed by atoms with Gasteiger partial charge in [0.15, 0.2) is 6.17 Å². The maximum Gasteiger partial charge on any atom is 0.348 e. The number of fused-ring (bicyclic) bond motifs is 1. The molecule has 0 aliphatic carbocycles. The molecule has 288 valence electrons. The third kappa shape index (κ3) is 8.15. The molecule has 1 N–H and O–H groups in total. The fraction of sp³-hybridized carbons (Fsp3) is 0.333. The van der Waals surface area contributed by atoms with Gasteiger partial charge in [-0.3, -0.25) is 9.58 Å². The van der Waals surface area contributed by atoms with Crippen LogP contribution < -0.4 is 14.2 Å². The first kappa shape index (κ1) is 35.6. The van der Waals surface area contributed by atoms with Crippen LogP contribution in [0, 0.1) is 12.9 Å². The fourth-order valence-electron chi connectivity index (χ4n) is 6.36. The van der Waals surface area contributed by atoms with E-state index >= 15 is 4.39 Å². The van der Waals surface area contributed by atoms with Gasteiger partial charge in [0, 0.05) is 62.7 Å². The standard InChI is InChI=1S/C39H39ClF2N6O6S/c1-4-48-24(13-14-45-48)21-52-27-8-6-5-7-26(27)34(42)35(39(49)50)54-37-32-31(36(29-11-12-30(41)53-29)55-38(32)44-22-43-37)25-9-10-28(33(40)23(25)2)51-20-19-47-17-15-46(3)16-18-47/h5-14,22,34-35H,4,15-21H2,1-3H3,(H,49,50)/t34-,35+/m0/s1/i21D2. The second-order valence-electron chi connectivity index (χ2n) is 12.9. The van der Waals surface area contributed by atoms with E-state index in [2.05, 4.69) is 31.9 Å².